The molecule has 84 valence electrons. The van der Waals surface area contributed by atoms with Crippen molar-refractivity contribution in [3.63, 3.8) is 0 Å². The fourth-order valence-corrected chi connectivity index (χ4v) is 1.74. The molecule has 3 heteroatoms. The summed E-state index contributed by atoms with van der Waals surface area (Å²) in [6.07, 6.45) is 3.61. The van der Waals surface area contributed by atoms with Crippen molar-refractivity contribution in [1.82, 2.24) is 9.55 Å². The third kappa shape index (κ3) is 1.99. The number of rotatable bonds is 3. The lowest BCUT2D eigenvalue weighted by Gasteiger charge is -2.10. The number of hydrogen-bond acceptors (Lipinski definition) is 2. The Morgan fingerprint density at radius 2 is 2.19 bits per heavy atom. The summed E-state index contributed by atoms with van der Waals surface area (Å²) in [5.41, 5.74) is 9.15. The van der Waals surface area contributed by atoms with E-state index in [9.17, 15) is 0 Å². The second-order valence-corrected chi connectivity index (χ2v) is 4.21. The summed E-state index contributed by atoms with van der Waals surface area (Å²) in [6, 6.07) is 8.48. The van der Waals surface area contributed by atoms with E-state index >= 15 is 0 Å². The van der Waals surface area contributed by atoms with Gasteiger partial charge in [-0.2, -0.15) is 0 Å². The summed E-state index contributed by atoms with van der Waals surface area (Å²) in [4.78, 5) is 4.13. The molecule has 0 bridgehead atoms. The SMILES string of the molecule is CC(C)c1cccc(-n2cncc2CN)c1. The molecule has 16 heavy (non-hydrogen) atoms. The number of hydrogen-bond donors (Lipinski definition) is 1. The minimum Gasteiger partial charge on any atom is -0.325 e. The maximum Gasteiger partial charge on any atom is 0.0994 e. The number of nitrogens with zero attached hydrogens (tertiary/aromatic N) is 2. The van der Waals surface area contributed by atoms with E-state index in [4.69, 9.17) is 5.73 Å². The Hall–Kier alpha value is -1.61. The van der Waals surface area contributed by atoms with Crippen LogP contribution in [0, 0.1) is 0 Å². The third-order valence-corrected chi connectivity index (χ3v) is 2.74. The van der Waals surface area contributed by atoms with Crippen LogP contribution < -0.4 is 5.73 Å². The van der Waals surface area contributed by atoms with Gasteiger partial charge in [-0.15, -0.1) is 0 Å². The van der Waals surface area contributed by atoms with Crippen LogP contribution in [0.1, 0.15) is 31.0 Å². The van der Waals surface area contributed by atoms with Gasteiger partial charge in [0.1, 0.15) is 0 Å². The zero-order valence-electron chi connectivity index (χ0n) is 9.72. The van der Waals surface area contributed by atoms with Crippen molar-refractivity contribution in [2.24, 2.45) is 5.73 Å². The van der Waals surface area contributed by atoms with E-state index < -0.39 is 0 Å². The van der Waals surface area contributed by atoms with Crippen LogP contribution in [0.2, 0.25) is 0 Å². The average molecular weight is 215 g/mol. The molecular weight excluding hydrogens is 198 g/mol. The Morgan fingerprint density at radius 1 is 1.38 bits per heavy atom. The Morgan fingerprint density at radius 3 is 2.88 bits per heavy atom. The minimum absolute atomic E-state index is 0.506. The molecule has 0 aliphatic carbocycles. The first-order valence-electron chi connectivity index (χ1n) is 5.54. The van der Waals surface area contributed by atoms with E-state index in [0.717, 1.165) is 11.4 Å². The van der Waals surface area contributed by atoms with Crippen molar-refractivity contribution >= 4 is 0 Å². The molecule has 0 saturated carbocycles. The van der Waals surface area contributed by atoms with Crippen molar-refractivity contribution in [2.45, 2.75) is 26.3 Å². The molecule has 0 fully saturated rings. The van der Waals surface area contributed by atoms with E-state index in [-0.39, 0.29) is 0 Å². The van der Waals surface area contributed by atoms with E-state index in [1.807, 2.05) is 17.1 Å². The van der Waals surface area contributed by atoms with Crippen LogP contribution in [0.25, 0.3) is 5.69 Å². The first-order valence-corrected chi connectivity index (χ1v) is 5.54. The highest BCUT2D eigenvalue weighted by molar-refractivity contribution is 5.38. The van der Waals surface area contributed by atoms with Crippen LogP contribution >= 0.6 is 0 Å². The van der Waals surface area contributed by atoms with Gasteiger partial charge < -0.3 is 10.3 Å². The molecule has 1 heterocycles. The van der Waals surface area contributed by atoms with E-state index in [1.54, 1.807) is 0 Å². The lowest BCUT2D eigenvalue weighted by molar-refractivity contribution is 0.856. The zero-order chi connectivity index (χ0) is 11.5. The van der Waals surface area contributed by atoms with E-state index in [2.05, 4.69) is 43.1 Å². The Kier molecular flexibility index (Phi) is 3.06. The Balaban J connectivity index is 2.44. The standard InChI is InChI=1S/C13H17N3/c1-10(2)11-4-3-5-12(6-11)16-9-15-8-13(16)7-14/h3-6,8-10H,7,14H2,1-2H3. The maximum absolute atomic E-state index is 5.67. The van der Waals surface area contributed by atoms with Crippen molar-refractivity contribution in [3.05, 3.63) is 48.0 Å². The minimum atomic E-state index is 0.506. The molecule has 0 spiro atoms. The van der Waals surface area contributed by atoms with Gasteiger partial charge in [-0.1, -0.05) is 26.0 Å². The first-order chi connectivity index (χ1) is 7.72. The molecule has 3 nitrogen and oxygen atoms in total. The van der Waals surface area contributed by atoms with Gasteiger partial charge in [0.25, 0.3) is 0 Å². The fraction of sp³-hybridized carbons (Fsp3) is 0.308. The molecule has 2 aromatic rings. The highest BCUT2D eigenvalue weighted by Gasteiger charge is 2.04. The van der Waals surface area contributed by atoms with Gasteiger partial charge in [-0.05, 0) is 23.6 Å². The maximum atomic E-state index is 5.67. The monoisotopic (exact) mass is 215 g/mol. The van der Waals surface area contributed by atoms with Crippen molar-refractivity contribution in [2.75, 3.05) is 0 Å². The molecule has 1 aromatic heterocycles. The van der Waals surface area contributed by atoms with Gasteiger partial charge in [0, 0.05) is 18.4 Å². The van der Waals surface area contributed by atoms with Crippen LogP contribution in [-0.4, -0.2) is 9.55 Å². The largest absolute Gasteiger partial charge is 0.325 e. The van der Waals surface area contributed by atoms with Gasteiger partial charge in [0.2, 0.25) is 0 Å². The smallest absolute Gasteiger partial charge is 0.0994 e. The second kappa shape index (κ2) is 4.49. The quantitative estimate of drug-likeness (QED) is 0.854. The van der Waals surface area contributed by atoms with Crippen LogP contribution in [0.15, 0.2) is 36.8 Å². The first kappa shape index (κ1) is 10.9. The normalized spacial score (nSPS) is 11.0. The van der Waals surface area contributed by atoms with Crippen LogP contribution in [-0.2, 0) is 6.54 Å². The molecule has 0 atom stereocenters. The highest BCUT2D eigenvalue weighted by Crippen LogP contribution is 2.19. The molecular formula is C13H17N3. The second-order valence-electron chi connectivity index (χ2n) is 4.21. The van der Waals surface area contributed by atoms with Gasteiger partial charge in [-0.3, -0.25) is 0 Å². The predicted octanol–water partition coefficient (Wildman–Crippen LogP) is 2.45. The highest BCUT2D eigenvalue weighted by atomic mass is 15.1. The summed E-state index contributed by atoms with van der Waals surface area (Å²) >= 11 is 0. The average Bonchev–Trinajstić information content (AvgIpc) is 2.77. The van der Waals surface area contributed by atoms with Gasteiger partial charge >= 0.3 is 0 Å². The number of aromatic nitrogens is 2. The van der Waals surface area contributed by atoms with E-state index in [1.165, 1.54) is 5.56 Å². The fourth-order valence-electron chi connectivity index (χ4n) is 1.74. The molecule has 2 rings (SSSR count). The Bertz CT molecular complexity index is 472. The van der Waals surface area contributed by atoms with Crippen LogP contribution in [0.3, 0.4) is 0 Å². The third-order valence-electron chi connectivity index (χ3n) is 2.74. The van der Waals surface area contributed by atoms with Crippen molar-refractivity contribution < 1.29 is 0 Å². The van der Waals surface area contributed by atoms with Crippen molar-refractivity contribution in [1.29, 1.82) is 0 Å². The Labute approximate surface area is 95.9 Å². The summed E-state index contributed by atoms with van der Waals surface area (Å²) in [7, 11) is 0. The molecule has 0 aliphatic rings. The zero-order valence-corrected chi connectivity index (χ0v) is 9.72. The summed E-state index contributed by atoms with van der Waals surface area (Å²) < 4.78 is 2.03. The number of imidazole rings is 1. The summed E-state index contributed by atoms with van der Waals surface area (Å²) in [5, 5.41) is 0. The number of benzene rings is 1. The number of nitrogens with two attached hydrogens (primary N) is 1. The molecule has 0 unspecified atom stereocenters. The molecule has 0 saturated heterocycles. The molecule has 1 aromatic carbocycles. The lowest BCUT2D eigenvalue weighted by atomic mass is 10.0. The van der Waals surface area contributed by atoms with Crippen LogP contribution in [0.4, 0.5) is 0 Å². The predicted molar refractivity (Wildman–Crippen MR) is 65.5 cm³/mol. The lowest BCUT2D eigenvalue weighted by Crippen LogP contribution is -2.04. The van der Waals surface area contributed by atoms with Gasteiger partial charge in [0.15, 0.2) is 0 Å². The molecule has 0 aliphatic heterocycles. The molecule has 0 amide bonds. The van der Waals surface area contributed by atoms with Gasteiger partial charge in [-0.25, -0.2) is 4.98 Å². The van der Waals surface area contributed by atoms with Crippen molar-refractivity contribution in [3.8, 4) is 5.69 Å². The summed E-state index contributed by atoms with van der Waals surface area (Å²) in [6.45, 7) is 4.89. The molecule has 0 radical (unpaired) electrons. The van der Waals surface area contributed by atoms with E-state index in [0.29, 0.717) is 12.5 Å². The topological polar surface area (TPSA) is 43.8 Å². The molecule has 2 N–H and O–H groups in total. The van der Waals surface area contributed by atoms with Crippen LogP contribution in [0.5, 0.6) is 0 Å². The van der Waals surface area contributed by atoms with Gasteiger partial charge in [0.05, 0.1) is 12.0 Å². The summed E-state index contributed by atoms with van der Waals surface area (Å²) in [5.74, 6) is 0.532.